The van der Waals surface area contributed by atoms with Crippen LogP contribution in [0.5, 0.6) is 0 Å². The Bertz CT molecular complexity index is 1690. The molecular formula is C32H38ClN3O8S2U. The SMILES string of the molecule is COC(=O)c1[c-]c(Cl)c(-c2cccc(NC3CCN(S(=O)(=O)Cc4cccc([N+](=O)[O-])c4)C(C)(C)C3)c2)s1.[CH2-]C(=O)OC(C)(C)C.[U+2]. The molecule has 0 bridgehead atoms. The third-order valence-corrected chi connectivity index (χ3v) is 10.4. The molecule has 0 aliphatic carbocycles. The molecule has 2 aromatic carbocycles. The fourth-order valence-electron chi connectivity index (χ4n) is 5.10. The van der Waals surface area contributed by atoms with Crippen LogP contribution in [-0.2, 0) is 30.0 Å². The summed E-state index contributed by atoms with van der Waals surface area (Å²) < 4.78 is 37.6. The molecule has 3 aromatic rings. The van der Waals surface area contributed by atoms with Crippen molar-refractivity contribution in [2.45, 2.75) is 70.4 Å². The molecule has 1 saturated heterocycles. The number of methoxy groups -OCH3 is 1. The second kappa shape index (κ2) is 16.7. The molecule has 252 valence electrons. The van der Waals surface area contributed by atoms with E-state index < -0.39 is 38.0 Å². The van der Waals surface area contributed by atoms with Crippen molar-refractivity contribution < 1.29 is 63.5 Å². The topological polar surface area (TPSA) is 145 Å². The van der Waals surface area contributed by atoms with Crippen molar-refractivity contribution in [3.05, 3.63) is 87.1 Å². The molecule has 0 saturated carbocycles. The number of halogens is 1. The third-order valence-electron chi connectivity index (χ3n) is 6.82. The molecule has 1 aliphatic heterocycles. The van der Waals surface area contributed by atoms with Gasteiger partial charge in [-0.05, 0) is 74.9 Å². The number of hydrogen-bond acceptors (Lipinski definition) is 10. The first-order valence-electron chi connectivity index (χ1n) is 14.3. The van der Waals surface area contributed by atoms with E-state index in [0.717, 1.165) is 11.3 Å². The summed E-state index contributed by atoms with van der Waals surface area (Å²) >= 11 is 7.54. The Hall–Kier alpha value is -2.60. The van der Waals surface area contributed by atoms with Crippen LogP contribution in [0, 0.1) is 54.2 Å². The number of esters is 2. The number of nitrogens with one attached hydrogen (secondary N) is 1. The van der Waals surface area contributed by atoms with Gasteiger partial charge in [0, 0.05) is 35.9 Å². The number of thiophene rings is 1. The smallest absolute Gasteiger partial charge is 0.521 e. The number of nitro groups is 1. The summed E-state index contributed by atoms with van der Waals surface area (Å²) in [5.74, 6) is -1.27. The first-order chi connectivity index (χ1) is 21.3. The molecule has 0 radical (unpaired) electrons. The predicted octanol–water partition coefficient (Wildman–Crippen LogP) is 6.91. The van der Waals surface area contributed by atoms with Crippen LogP contribution >= 0.6 is 22.9 Å². The number of benzene rings is 2. The Labute approximate surface area is 308 Å². The monoisotopic (exact) mass is 929 g/mol. The molecule has 1 unspecified atom stereocenters. The van der Waals surface area contributed by atoms with E-state index in [0.29, 0.717) is 39.7 Å². The molecule has 2 heterocycles. The number of ether oxygens (including phenoxy) is 2. The fourth-order valence-corrected chi connectivity index (χ4v) is 8.35. The van der Waals surface area contributed by atoms with Gasteiger partial charge in [0.05, 0.1) is 17.8 Å². The molecule has 47 heavy (non-hydrogen) atoms. The van der Waals surface area contributed by atoms with Gasteiger partial charge in [0.1, 0.15) is 5.60 Å². The van der Waals surface area contributed by atoms with Crippen LogP contribution in [0.3, 0.4) is 0 Å². The number of carbonyl (C=O) groups is 2. The summed E-state index contributed by atoms with van der Waals surface area (Å²) in [5.41, 5.74) is 0.859. The minimum Gasteiger partial charge on any atom is -0.521 e. The maximum absolute atomic E-state index is 13.3. The van der Waals surface area contributed by atoms with Gasteiger partial charge in [0.2, 0.25) is 16.0 Å². The largest absolute Gasteiger partial charge is 2.00 e. The van der Waals surface area contributed by atoms with Crippen molar-refractivity contribution in [2.24, 2.45) is 0 Å². The van der Waals surface area contributed by atoms with Crippen LogP contribution < -0.4 is 5.32 Å². The molecule has 1 aliphatic rings. The van der Waals surface area contributed by atoms with E-state index in [4.69, 9.17) is 16.3 Å². The van der Waals surface area contributed by atoms with E-state index in [-0.39, 0.29) is 48.6 Å². The zero-order chi connectivity index (χ0) is 34.4. The van der Waals surface area contributed by atoms with Gasteiger partial charge in [-0.1, -0.05) is 34.9 Å². The third kappa shape index (κ3) is 11.8. The molecular weight excluding hydrogens is 892 g/mol. The van der Waals surface area contributed by atoms with Crippen LogP contribution in [0.15, 0.2) is 48.5 Å². The number of nitro benzene ring substituents is 1. The van der Waals surface area contributed by atoms with Crippen LogP contribution in [0.2, 0.25) is 5.02 Å². The Morgan fingerprint density at radius 3 is 2.43 bits per heavy atom. The van der Waals surface area contributed by atoms with E-state index in [9.17, 15) is 28.1 Å². The van der Waals surface area contributed by atoms with Crippen LogP contribution in [0.4, 0.5) is 11.4 Å². The predicted molar refractivity (Wildman–Crippen MR) is 179 cm³/mol. The number of non-ortho nitro benzene ring substituents is 1. The molecule has 1 atom stereocenters. The van der Waals surface area contributed by atoms with Gasteiger partial charge in [-0.2, -0.15) is 4.31 Å². The van der Waals surface area contributed by atoms with Crippen LogP contribution in [0.1, 0.15) is 62.7 Å². The maximum atomic E-state index is 13.3. The number of rotatable bonds is 8. The van der Waals surface area contributed by atoms with E-state index in [2.05, 4.69) is 23.0 Å². The number of sulfonamides is 1. The zero-order valence-corrected chi connectivity index (χ0v) is 33.6. The van der Waals surface area contributed by atoms with Crippen molar-refractivity contribution in [1.82, 2.24) is 4.31 Å². The van der Waals surface area contributed by atoms with Gasteiger partial charge in [-0.15, -0.1) is 17.7 Å². The maximum Gasteiger partial charge on any atom is 2.00 e. The number of nitrogens with zero attached hydrogens (tertiary/aromatic N) is 2. The van der Waals surface area contributed by atoms with E-state index in [1.807, 2.05) is 38.1 Å². The Morgan fingerprint density at radius 1 is 1.21 bits per heavy atom. The number of carbonyl (C=O) groups excluding carboxylic acids is 2. The number of piperidine rings is 1. The van der Waals surface area contributed by atoms with Crippen molar-refractivity contribution in [3.8, 4) is 10.4 Å². The number of anilines is 1. The summed E-state index contributed by atoms with van der Waals surface area (Å²) in [6.45, 7) is 12.6. The Morgan fingerprint density at radius 2 is 1.87 bits per heavy atom. The summed E-state index contributed by atoms with van der Waals surface area (Å²) in [4.78, 5) is 33.5. The molecule has 0 amide bonds. The second-order valence-electron chi connectivity index (χ2n) is 12.3. The van der Waals surface area contributed by atoms with Gasteiger partial charge in [0.25, 0.3) is 5.69 Å². The van der Waals surface area contributed by atoms with E-state index in [1.165, 1.54) is 41.0 Å². The van der Waals surface area contributed by atoms with Crippen molar-refractivity contribution >= 4 is 56.3 Å². The Balaban J connectivity index is 0.000000758. The Kier molecular flexibility index (Phi) is 14.4. The van der Waals surface area contributed by atoms with Crippen LogP contribution in [-0.4, -0.2) is 60.4 Å². The first-order valence-corrected chi connectivity index (χ1v) is 17.1. The van der Waals surface area contributed by atoms with Crippen molar-refractivity contribution in [1.29, 1.82) is 0 Å². The van der Waals surface area contributed by atoms with Gasteiger partial charge in [-0.3, -0.25) is 21.8 Å². The van der Waals surface area contributed by atoms with Crippen LogP contribution in [0.25, 0.3) is 10.4 Å². The quantitative estimate of drug-likeness (QED) is 0.110. The zero-order valence-electron chi connectivity index (χ0n) is 27.1. The van der Waals surface area contributed by atoms with Gasteiger partial charge < -0.3 is 19.6 Å². The van der Waals surface area contributed by atoms with Gasteiger partial charge in [-0.25, -0.2) is 19.8 Å². The molecule has 4 rings (SSSR count). The second-order valence-corrected chi connectivity index (χ2v) is 15.6. The molecule has 1 aromatic heterocycles. The van der Waals surface area contributed by atoms with Crippen molar-refractivity contribution in [3.63, 3.8) is 0 Å². The molecule has 11 nitrogen and oxygen atoms in total. The van der Waals surface area contributed by atoms with Gasteiger partial charge in [0.15, 0.2) is 5.97 Å². The average molecular weight is 930 g/mol. The molecule has 1 N–H and O–H groups in total. The fraction of sp³-hybridized carbons (Fsp3) is 0.406. The summed E-state index contributed by atoms with van der Waals surface area (Å²) in [7, 11) is -2.40. The minimum absolute atomic E-state index is 0. The number of hydrogen-bond donors (Lipinski definition) is 1. The molecule has 15 heteroatoms. The van der Waals surface area contributed by atoms with E-state index >= 15 is 0 Å². The molecule has 0 spiro atoms. The normalized spacial score (nSPS) is 16.1. The first kappa shape index (κ1) is 40.6. The summed E-state index contributed by atoms with van der Waals surface area (Å²) in [6.07, 6.45) is 1.15. The summed E-state index contributed by atoms with van der Waals surface area (Å²) in [5, 5.41) is 14.9. The van der Waals surface area contributed by atoms with Crippen molar-refractivity contribution in [2.75, 3.05) is 19.0 Å². The summed E-state index contributed by atoms with van der Waals surface area (Å²) in [6, 6.07) is 16.2. The molecule has 1 fully saturated rings. The van der Waals surface area contributed by atoms with E-state index in [1.54, 1.807) is 26.8 Å². The minimum atomic E-state index is -3.71. The standard InChI is InChI=1S/C26H27ClN3O6S2.C6H11O2.U/c1-26(2)15-20(10-11-29(26)38(34,35)16-17-6-4-9-21(12-17)30(32)33)28-19-8-5-7-18(13-19)24-22(27)14-23(37-24)25(31)36-3;1-5(7)8-6(2,3)4;/h4-9,12-13,20,28H,10-11,15-16H2,1-3H3;1H2,2-4H3;/q2*-1;+2. The average Bonchev–Trinajstić information content (AvgIpc) is 3.32. The van der Waals surface area contributed by atoms with Gasteiger partial charge >= 0.3 is 31.1 Å².